The van der Waals surface area contributed by atoms with Gasteiger partial charge in [-0.05, 0) is 29.8 Å². The summed E-state index contributed by atoms with van der Waals surface area (Å²) in [4.78, 5) is 21.2. The maximum Gasteiger partial charge on any atom is 0.573 e. The number of rotatable bonds is 6. The lowest BCUT2D eigenvalue weighted by Crippen LogP contribution is -2.17. The summed E-state index contributed by atoms with van der Waals surface area (Å²) < 4.78 is 40.0. The molecule has 0 atom stereocenters. The second-order valence-corrected chi connectivity index (χ2v) is 4.84. The first kappa shape index (κ1) is 18.0. The third kappa shape index (κ3) is 5.09. The van der Waals surface area contributed by atoms with E-state index in [2.05, 4.69) is 10.1 Å². The molecule has 0 amide bonds. The molecule has 2 N–H and O–H groups in total. The second-order valence-electron chi connectivity index (χ2n) is 4.84. The van der Waals surface area contributed by atoms with Crippen molar-refractivity contribution in [3.8, 4) is 5.75 Å². The van der Waals surface area contributed by atoms with Gasteiger partial charge in [-0.25, -0.2) is 4.79 Å². The fraction of sp³-hybridized carbons (Fsp3) is 0.133. The lowest BCUT2D eigenvalue weighted by molar-refractivity contribution is -0.384. The molecule has 0 radical (unpaired) electrons. The van der Waals surface area contributed by atoms with Gasteiger partial charge in [-0.3, -0.25) is 10.1 Å². The van der Waals surface area contributed by atoms with Crippen LogP contribution in [0.2, 0.25) is 0 Å². The smallest absolute Gasteiger partial charge is 0.478 e. The molecule has 0 fully saturated rings. The zero-order chi connectivity index (χ0) is 18.6. The van der Waals surface area contributed by atoms with E-state index in [0.717, 1.165) is 18.2 Å². The number of hydrogen-bond donors (Lipinski definition) is 2. The molecule has 25 heavy (non-hydrogen) atoms. The van der Waals surface area contributed by atoms with E-state index in [0.29, 0.717) is 5.56 Å². The SMILES string of the molecule is O=C(O)c1ccc(NCc2ccc(OC(F)(F)F)cc2)c([N+](=O)[O-])c1. The zero-order valence-corrected chi connectivity index (χ0v) is 12.4. The number of nitrogens with zero attached hydrogens (tertiary/aromatic N) is 1. The number of benzene rings is 2. The van der Waals surface area contributed by atoms with E-state index >= 15 is 0 Å². The van der Waals surface area contributed by atoms with E-state index < -0.39 is 22.9 Å². The largest absolute Gasteiger partial charge is 0.573 e. The van der Waals surface area contributed by atoms with Crippen molar-refractivity contribution < 1.29 is 32.7 Å². The minimum absolute atomic E-state index is 0.0829. The van der Waals surface area contributed by atoms with Crippen LogP contribution in [-0.4, -0.2) is 22.4 Å². The number of aromatic carboxylic acids is 1. The predicted molar refractivity (Wildman–Crippen MR) is 80.5 cm³/mol. The average molecular weight is 356 g/mol. The number of hydrogen-bond acceptors (Lipinski definition) is 5. The van der Waals surface area contributed by atoms with Crippen LogP contribution in [0, 0.1) is 10.1 Å². The lowest BCUT2D eigenvalue weighted by atomic mass is 10.1. The third-order valence-corrected chi connectivity index (χ3v) is 3.08. The molecule has 0 saturated heterocycles. The molecule has 0 aliphatic carbocycles. The van der Waals surface area contributed by atoms with Crippen molar-refractivity contribution >= 4 is 17.3 Å². The molecule has 2 aromatic carbocycles. The molecular weight excluding hydrogens is 345 g/mol. The number of carboxylic acid groups (broad SMARTS) is 1. The van der Waals surface area contributed by atoms with Crippen molar-refractivity contribution in [2.24, 2.45) is 0 Å². The number of carboxylic acids is 1. The molecule has 10 heteroatoms. The number of nitrogens with one attached hydrogen (secondary N) is 1. The van der Waals surface area contributed by atoms with Gasteiger partial charge in [0.15, 0.2) is 0 Å². The lowest BCUT2D eigenvalue weighted by Gasteiger charge is -2.10. The Morgan fingerprint density at radius 1 is 1.20 bits per heavy atom. The van der Waals surface area contributed by atoms with Crippen LogP contribution in [0.25, 0.3) is 0 Å². The highest BCUT2D eigenvalue weighted by atomic mass is 19.4. The molecule has 7 nitrogen and oxygen atoms in total. The predicted octanol–water partition coefficient (Wildman–Crippen LogP) is 3.80. The van der Waals surface area contributed by atoms with Crippen LogP contribution in [0.15, 0.2) is 42.5 Å². The highest BCUT2D eigenvalue weighted by Crippen LogP contribution is 2.27. The fourth-order valence-electron chi connectivity index (χ4n) is 1.97. The maximum absolute atomic E-state index is 12.1. The quantitative estimate of drug-likeness (QED) is 0.603. The Morgan fingerprint density at radius 3 is 2.36 bits per heavy atom. The summed E-state index contributed by atoms with van der Waals surface area (Å²) in [5, 5.41) is 22.6. The molecular formula is C15H11F3N2O5. The van der Waals surface area contributed by atoms with Gasteiger partial charge in [-0.1, -0.05) is 12.1 Å². The molecule has 0 aromatic heterocycles. The molecule has 0 spiro atoms. The van der Waals surface area contributed by atoms with Crippen molar-refractivity contribution in [3.63, 3.8) is 0 Å². The summed E-state index contributed by atoms with van der Waals surface area (Å²) in [5.74, 6) is -1.68. The minimum atomic E-state index is -4.79. The second kappa shape index (κ2) is 7.07. The van der Waals surface area contributed by atoms with Crippen LogP contribution in [0.4, 0.5) is 24.5 Å². The first-order valence-corrected chi connectivity index (χ1v) is 6.76. The van der Waals surface area contributed by atoms with Crippen molar-refractivity contribution in [2.45, 2.75) is 12.9 Å². The Labute approximate surface area is 138 Å². The van der Waals surface area contributed by atoms with E-state index in [4.69, 9.17) is 5.11 Å². The van der Waals surface area contributed by atoms with Gasteiger partial charge in [0.05, 0.1) is 10.5 Å². The number of halogens is 3. The van der Waals surface area contributed by atoms with E-state index in [1.54, 1.807) is 0 Å². The summed E-state index contributed by atoms with van der Waals surface area (Å²) in [7, 11) is 0. The standard InChI is InChI=1S/C15H11F3N2O5/c16-15(17,18)25-11-4-1-9(2-5-11)8-19-12-6-3-10(14(21)22)7-13(12)20(23)24/h1-7,19H,8H2,(H,21,22). The topological polar surface area (TPSA) is 102 Å². The minimum Gasteiger partial charge on any atom is -0.478 e. The first-order chi connectivity index (χ1) is 11.7. The molecule has 0 bridgehead atoms. The number of carbonyl (C=O) groups is 1. The molecule has 0 saturated carbocycles. The number of ether oxygens (including phenoxy) is 1. The molecule has 132 valence electrons. The molecule has 2 rings (SSSR count). The van der Waals surface area contributed by atoms with Crippen LogP contribution >= 0.6 is 0 Å². The summed E-state index contributed by atoms with van der Waals surface area (Å²) in [5.41, 5.74) is -0.0143. The Balaban J connectivity index is 2.10. The van der Waals surface area contributed by atoms with Crippen LogP contribution in [0.1, 0.15) is 15.9 Å². The van der Waals surface area contributed by atoms with Crippen LogP contribution in [0.3, 0.4) is 0 Å². The van der Waals surface area contributed by atoms with Crippen LogP contribution in [-0.2, 0) is 6.54 Å². The molecule has 0 heterocycles. The van der Waals surface area contributed by atoms with Gasteiger partial charge in [0.25, 0.3) is 5.69 Å². The Bertz CT molecular complexity index is 791. The Morgan fingerprint density at radius 2 is 1.84 bits per heavy atom. The van der Waals surface area contributed by atoms with Gasteiger partial charge in [-0.2, -0.15) is 0 Å². The first-order valence-electron chi connectivity index (χ1n) is 6.76. The highest BCUT2D eigenvalue weighted by Gasteiger charge is 2.30. The third-order valence-electron chi connectivity index (χ3n) is 3.08. The average Bonchev–Trinajstić information content (AvgIpc) is 2.52. The van der Waals surface area contributed by atoms with Crippen molar-refractivity contribution in [3.05, 3.63) is 63.7 Å². The van der Waals surface area contributed by atoms with E-state index in [-0.39, 0.29) is 23.5 Å². The van der Waals surface area contributed by atoms with Gasteiger partial charge >= 0.3 is 12.3 Å². The van der Waals surface area contributed by atoms with Gasteiger partial charge in [0.2, 0.25) is 0 Å². The van der Waals surface area contributed by atoms with Crippen molar-refractivity contribution in [1.82, 2.24) is 0 Å². The maximum atomic E-state index is 12.1. The highest BCUT2D eigenvalue weighted by molar-refractivity contribution is 5.89. The summed E-state index contributed by atoms with van der Waals surface area (Å²) in [6, 6.07) is 8.35. The summed E-state index contributed by atoms with van der Waals surface area (Å²) >= 11 is 0. The van der Waals surface area contributed by atoms with E-state index in [1.165, 1.54) is 24.3 Å². The van der Waals surface area contributed by atoms with Gasteiger partial charge in [0, 0.05) is 12.6 Å². The normalized spacial score (nSPS) is 11.0. The molecule has 0 aliphatic rings. The van der Waals surface area contributed by atoms with E-state index in [9.17, 15) is 28.1 Å². The molecule has 0 aliphatic heterocycles. The zero-order valence-electron chi connectivity index (χ0n) is 12.4. The number of alkyl halides is 3. The number of nitro benzene ring substituents is 1. The van der Waals surface area contributed by atoms with Gasteiger partial charge in [-0.15, -0.1) is 13.2 Å². The molecule has 2 aromatic rings. The van der Waals surface area contributed by atoms with Gasteiger partial charge < -0.3 is 15.2 Å². The van der Waals surface area contributed by atoms with Crippen LogP contribution < -0.4 is 10.1 Å². The van der Waals surface area contributed by atoms with Crippen molar-refractivity contribution in [1.29, 1.82) is 0 Å². The van der Waals surface area contributed by atoms with E-state index in [1.807, 2.05) is 0 Å². The molecule has 0 unspecified atom stereocenters. The fourth-order valence-corrected chi connectivity index (χ4v) is 1.97. The Hall–Kier alpha value is -3.30. The Kier molecular flexibility index (Phi) is 5.11. The summed E-state index contributed by atoms with van der Waals surface area (Å²) in [6.07, 6.45) is -4.79. The van der Waals surface area contributed by atoms with Crippen molar-refractivity contribution in [2.75, 3.05) is 5.32 Å². The number of nitro groups is 1. The van der Waals surface area contributed by atoms with Gasteiger partial charge in [0.1, 0.15) is 11.4 Å². The van der Waals surface area contributed by atoms with Crippen LogP contribution in [0.5, 0.6) is 5.75 Å². The monoisotopic (exact) mass is 356 g/mol. The number of anilines is 1. The summed E-state index contributed by atoms with van der Waals surface area (Å²) in [6.45, 7) is 0.0829.